The fourth-order valence-corrected chi connectivity index (χ4v) is 0.760. The van der Waals surface area contributed by atoms with E-state index in [4.69, 9.17) is 4.55 Å². The molecule has 0 radical (unpaired) electrons. The summed E-state index contributed by atoms with van der Waals surface area (Å²) in [6, 6.07) is 0. The zero-order chi connectivity index (χ0) is 10.9. The number of hydrogen-bond acceptors (Lipinski definition) is 2. The van der Waals surface area contributed by atoms with Crippen LogP contribution in [0.2, 0.25) is 0 Å². The molecule has 1 atom stereocenters. The lowest BCUT2D eigenvalue weighted by Gasteiger charge is -2.20. The summed E-state index contributed by atoms with van der Waals surface area (Å²) in [6.07, 6.45) is -15.8. The maximum absolute atomic E-state index is 11.5. The Morgan fingerprint density at radius 1 is 1.08 bits per heavy atom. The molecule has 0 saturated carbocycles. The van der Waals surface area contributed by atoms with Gasteiger partial charge < -0.3 is 0 Å². The van der Waals surface area contributed by atoms with Crippen LogP contribution < -0.4 is 0 Å². The van der Waals surface area contributed by atoms with Crippen LogP contribution in [0.4, 0.5) is 26.3 Å². The van der Waals surface area contributed by atoms with E-state index in [-0.39, 0.29) is 0 Å². The molecule has 1 N–H and O–H groups in total. The van der Waals surface area contributed by atoms with E-state index in [1.54, 1.807) is 0 Å². The van der Waals surface area contributed by atoms with Crippen molar-refractivity contribution >= 4 is 11.4 Å². The van der Waals surface area contributed by atoms with Crippen molar-refractivity contribution in [3.8, 4) is 0 Å². The average Bonchev–Trinajstić information content (AvgIpc) is 1.77. The summed E-state index contributed by atoms with van der Waals surface area (Å²) in [5.41, 5.74) is 0. The first-order valence-electron chi connectivity index (χ1n) is 2.46. The largest absolute Gasteiger partial charge is 0.425 e. The Kier molecular flexibility index (Phi) is 3.70. The van der Waals surface area contributed by atoms with Gasteiger partial charge in [-0.25, -0.2) is 4.18 Å². The Labute approximate surface area is 70.2 Å². The van der Waals surface area contributed by atoms with E-state index >= 15 is 0 Å². The van der Waals surface area contributed by atoms with Crippen molar-refractivity contribution in [3.63, 3.8) is 0 Å². The molecule has 0 aromatic rings. The quantitative estimate of drug-likeness (QED) is 0.581. The SMILES string of the molecule is O=S(O)OC(C(F)(F)F)C(F)(F)F. The van der Waals surface area contributed by atoms with E-state index < -0.39 is 29.8 Å². The predicted octanol–water partition coefficient (Wildman–Crippen LogP) is 1.63. The fraction of sp³-hybridized carbons (Fsp3) is 1.00. The van der Waals surface area contributed by atoms with E-state index in [1.807, 2.05) is 0 Å². The number of halogens is 6. The van der Waals surface area contributed by atoms with Gasteiger partial charge in [0, 0.05) is 0 Å². The van der Waals surface area contributed by atoms with Gasteiger partial charge in [0.25, 0.3) is 6.10 Å². The number of rotatable bonds is 2. The minimum absolute atomic E-state index is 2.76. The van der Waals surface area contributed by atoms with Crippen LogP contribution in [0, 0.1) is 0 Å². The van der Waals surface area contributed by atoms with Crippen molar-refractivity contribution in [2.45, 2.75) is 18.5 Å². The normalized spacial score (nSPS) is 16.3. The lowest BCUT2D eigenvalue weighted by molar-refractivity contribution is -0.299. The first-order valence-corrected chi connectivity index (χ1v) is 3.49. The molecule has 0 heterocycles. The zero-order valence-corrected chi connectivity index (χ0v) is 6.33. The van der Waals surface area contributed by atoms with Gasteiger partial charge in [0.2, 0.25) is 0 Å². The van der Waals surface area contributed by atoms with Gasteiger partial charge in [0.05, 0.1) is 0 Å². The molecule has 13 heavy (non-hydrogen) atoms. The molecule has 0 aromatic heterocycles. The molecule has 0 amide bonds. The molecule has 80 valence electrons. The van der Waals surface area contributed by atoms with Crippen molar-refractivity contribution < 1.29 is 39.3 Å². The van der Waals surface area contributed by atoms with E-state index in [1.165, 1.54) is 0 Å². The number of hydrogen-bond donors (Lipinski definition) is 1. The minimum Gasteiger partial charge on any atom is -0.284 e. The summed E-state index contributed by atoms with van der Waals surface area (Å²) in [7, 11) is 0. The maximum Gasteiger partial charge on any atom is 0.425 e. The van der Waals surface area contributed by atoms with Crippen molar-refractivity contribution in [2.24, 2.45) is 0 Å². The van der Waals surface area contributed by atoms with Gasteiger partial charge >= 0.3 is 23.7 Å². The highest BCUT2D eigenvalue weighted by Gasteiger charge is 2.59. The first-order chi connectivity index (χ1) is 5.55. The van der Waals surface area contributed by atoms with Crippen LogP contribution in [0.15, 0.2) is 0 Å². The standard InChI is InChI=1S/C3H2F6O3S/c4-2(5,6)1(3(7,8)9)12-13(10)11/h1H,(H,10,11). The Hall–Kier alpha value is -0.350. The lowest BCUT2D eigenvalue weighted by Crippen LogP contribution is -2.44. The highest BCUT2D eigenvalue weighted by atomic mass is 32.2. The topological polar surface area (TPSA) is 46.5 Å². The molecular formula is C3H2F6O3S. The van der Waals surface area contributed by atoms with E-state index in [9.17, 15) is 30.6 Å². The first kappa shape index (κ1) is 12.7. The van der Waals surface area contributed by atoms with E-state index in [0.29, 0.717) is 0 Å². The number of alkyl halides is 6. The van der Waals surface area contributed by atoms with Crippen molar-refractivity contribution in [1.82, 2.24) is 0 Å². The van der Waals surface area contributed by atoms with Gasteiger partial charge in [0.15, 0.2) is 0 Å². The predicted molar refractivity (Wildman–Crippen MR) is 27.8 cm³/mol. The highest BCUT2D eigenvalue weighted by Crippen LogP contribution is 2.35. The molecule has 0 rings (SSSR count). The van der Waals surface area contributed by atoms with Gasteiger partial charge in [-0.1, -0.05) is 0 Å². The summed E-state index contributed by atoms with van der Waals surface area (Å²) in [6.45, 7) is 0. The third-order valence-corrected chi connectivity index (χ3v) is 1.13. The van der Waals surface area contributed by atoms with Crippen LogP contribution in [0.3, 0.4) is 0 Å². The summed E-state index contributed by atoms with van der Waals surface area (Å²) in [4.78, 5) is 0. The van der Waals surface area contributed by atoms with Crippen LogP contribution in [0.5, 0.6) is 0 Å². The average molecular weight is 232 g/mol. The maximum atomic E-state index is 11.5. The summed E-state index contributed by atoms with van der Waals surface area (Å²) < 4.78 is 89.0. The second-order valence-electron chi connectivity index (χ2n) is 1.78. The van der Waals surface area contributed by atoms with E-state index in [2.05, 4.69) is 4.18 Å². The van der Waals surface area contributed by atoms with Crippen LogP contribution in [-0.2, 0) is 15.5 Å². The van der Waals surface area contributed by atoms with Gasteiger partial charge in [-0.15, -0.1) is 0 Å². The summed E-state index contributed by atoms with van der Waals surface area (Å²) in [5.74, 6) is 0. The van der Waals surface area contributed by atoms with Crippen molar-refractivity contribution in [3.05, 3.63) is 0 Å². The van der Waals surface area contributed by atoms with Gasteiger partial charge in [0.1, 0.15) is 0 Å². The molecule has 10 heteroatoms. The molecule has 0 spiro atoms. The second kappa shape index (κ2) is 3.80. The second-order valence-corrected chi connectivity index (χ2v) is 2.40. The third-order valence-electron chi connectivity index (χ3n) is 0.773. The summed E-state index contributed by atoms with van der Waals surface area (Å²) >= 11 is -3.63. The molecule has 3 nitrogen and oxygen atoms in total. The van der Waals surface area contributed by atoms with Crippen LogP contribution in [0.1, 0.15) is 0 Å². The minimum atomic E-state index is -5.77. The van der Waals surface area contributed by atoms with Crippen molar-refractivity contribution in [2.75, 3.05) is 0 Å². The van der Waals surface area contributed by atoms with Crippen LogP contribution >= 0.6 is 0 Å². The molecule has 0 aliphatic heterocycles. The smallest absolute Gasteiger partial charge is 0.284 e. The highest BCUT2D eigenvalue weighted by molar-refractivity contribution is 7.74. The lowest BCUT2D eigenvalue weighted by atomic mass is 10.3. The molecule has 0 bridgehead atoms. The monoisotopic (exact) mass is 232 g/mol. The fourth-order valence-electron chi connectivity index (χ4n) is 0.377. The third kappa shape index (κ3) is 4.43. The van der Waals surface area contributed by atoms with Crippen LogP contribution in [-0.4, -0.2) is 27.2 Å². The Balaban J connectivity index is 4.68. The molecule has 0 aliphatic rings. The Morgan fingerprint density at radius 3 is 1.46 bits per heavy atom. The molecule has 0 aliphatic carbocycles. The molecular weight excluding hydrogens is 230 g/mol. The van der Waals surface area contributed by atoms with Gasteiger partial charge in [-0.3, -0.25) is 4.55 Å². The molecule has 0 fully saturated rings. The van der Waals surface area contributed by atoms with Gasteiger partial charge in [-0.05, 0) is 0 Å². The summed E-state index contributed by atoms with van der Waals surface area (Å²) in [5, 5.41) is 0. The molecule has 0 aromatic carbocycles. The Bertz CT molecular complexity index is 182. The van der Waals surface area contributed by atoms with Gasteiger partial charge in [-0.2, -0.15) is 30.6 Å². The van der Waals surface area contributed by atoms with Crippen LogP contribution in [0.25, 0.3) is 0 Å². The molecule has 1 unspecified atom stereocenters. The zero-order valence-electron chi connectivity index (χ0n) is 5.52. The Morgan fingerprint density at radius 2 is 1.38 bits per heavy atom. The van der Waals surface area contributed by atoms with E-state index in [0.717, 1.165) is 0 Å². The molecule has 0 saturated heterocycles. The van der Waals surface area contributed by atoms with Crippen molar-refractivity contribution in [1.29, 1.82) is 0 Å².